The summed E-state index contributed by atoms with van der Waals surface area (Å²) in [7, 11) is 0. The molecule has 0 radical (unpaired) electrons. The van der Waals surface area contributed by atoms with Crippen LogP contribution in [0.15, 0.2) is 30.3 Å². The lowest BCUT2D eigenvalue weighted by Gasteiger charge is -2.11. The van der Waals surface area contributed by atoms with Crippen molar-refractivity contribution in [3.8, 4) is 11.6 Å². The van der Waals surface area contributed by atoms with Crippen LogP contribution in [-0.2, 0) is 6.18 Å². The van der Waals surface area contributed by atoms with Crippen LogP contribution in [0.25, 0.3) is 0 Å². The van der Waals surface area contributed by atoms with Crippen LogP contribution in [0.1, 0.15) is 5.56 Å². The Kier molecular flexibility index (Phi) is 3.96. The third-order valence-electron chi connectivity index (χ3n) is 2.26. The number of benzene rings is 1. The molecule has 0 spiro atoms. The van der Waals surface area contributed by atoms with E-state index in [1.807, 2.05) is 0 Å². The lowest BCUT2D eigenvalue weighted by Crippen LogP contribution is -2.07. The van der Waals surface area contributed by atoms with E-state index in [1.54, 1.807) is 0 Å². The zero-order valence-corrected chi connectivity index (χ0v) is 11.2. The molecule has 106 valence electrons. The summed E-state index contributed by atoms with van der Waals surface area (Å²) in [5, 5.41) is 0.511. The van der Waals surface area contributed by atoms with Gasteiger partial charge in [0.25, 0.3) is 0 Å². The summed E-state index contributed by atoms with van der Waals surface area (Å²) in [6, 6.07) is 5.78. The maximum Gasteiger partial charge on any atom is 0.416 e. The van der Waals surface area contributed by atoms with Crippen molar-refractivity contribution in [3.63, 3.8) is 0 Å². The predicted octanol–water partition coefficient (Wildman–Crippen LogP) is 4.78. The number of rotatable bonds is 2. The van der Waals surface area contributed by atoms with Gasteiger partial charge in [-0.1, -0.05) is 23.2 Å². The standard InChI is InChI=1S/C12H7Cl2F3N2O/c13-7-1-2-8(14)9(5-7)20-11-4-6(12(15,16)17)3-10(18)19-11/h1-5H,(H2,18,19). The van der Waals surface area contributed by atoms with Gasteiger partial charge in [-0.15, -0.1) is 0 Å². The first-order chi connectivity index (χ1) is 9.25. The maximum atomic E-state index is 12.6. The molecule has 2 N–H and O–H groups in total. The molecule has 0 saturated carbocycles. The maximum absolute atomic E-state index is 12.6. The fourth-order valence-electron chi connectivity index (χ4n) is 1.41. The molecule has 0 saturated heterocycles. The van der Waals surface area contributed by atoms with Gasteiger partial charge in [-0.05, 0) is 18.2 Å². The Morgan fingerprint density at radius 2 is 1.80 bits per heavy atom. The van der Waals surface area contributed by atoms with Gasteiger partial charge < -0.3 is 10.5 Å². The number of hydrogen-bond acceptors (Lipinski definition) is 3. The van der Waals surface area contributed by atoms with Gasteiger partial charge in [0.1, 0.15) is 11.6 Å². The molecule has 20 heavy (non-hydrogen) atoms. The summed E-state index contributed by atoms with van der Waals surface area (Å²) < 4.78 is 43.1. The molecule has 0 atom stereocenters. The molecule has 0 aliphatic carbocycles. The number of nitrogens with two attached hydrogens (primary N) is 1. The van der Waals surface area contributed by atoms with E-state index in [9.17, 15) is 13.2 Å². The Labute approximate surface area is 122 Å². The number of nitrogen functional groups attached to an aromatic ring is 1. The van der Waals surface area contributed by atoms with Crippen molar-refractivity contribution >= 4 is 29.0 Å². The van der Waals surface area contributed by atoms with Crippen LogP contribution in [0.2, 0.25) is 10.0 Å². The normalized spacial score (nSPS) is 11.4. The van der Waals surface area contributed by atoms with Crippen molar-refractivity contribution in [1.82, 2.24) is 4.98 Å². The highest BCUT2D eigenvalue weighted by Gasteiger charge is 2.31. The van der Waals surface area contributed by atoms with Crippen LogP contribution in [0.4, 0.5) is 19.0 Å². The van der Waals surface area contributed by atoms with Gasteiger partial charge in [-0.3, -0.25) is 0 Å². The van der Waals surface area contributed by atoms with Gasteiger partial charge in [0.15, 0.2) is 0 Å². The number of halogens is 5. The summed E-state index contributed by atoms with van der Waals surface area (Å²) in [6.07, 6.45) is -4.55. The number of pyridine rings is 1. The second-order valence-electron chi connectivity index (χ2n) is 3.79. The fourth-order valence-corrected chi connectivity index (χ4v) is 1.73. The number of aromatic nitrogens is 1. The fraction of sp³-hybridized carbons (Fsp3) is 0.0833. The quantitative estimate of drug-likeness (QED) is 0.865. The molecule has 0 fully saturated rings. The van der Waals surface area contributed by atoms with Crippen LogP contribution in [0.5, 0.6) is 11.6 Å². The zero-order chi connectivity index (χ0) is 14.9. The van der Waals surface area contributed by atoms with Crippen molar-refractivity contribution in [1.29, 1.82) is 0 Å². The molecule has 0 aliphatic rings. The number of ether oxygens (including phenoxy) is 1. The first kappa shape index (κ1) is 14.7. The molecule has 1 aromatic heterocycles. The first-order valence-corrected chi connectivity index (χ1v) is 5.99. The molecule has 3 nitrogen and oxygen atoms in total. The average Bonchev–Trinajstić information content (AvgIpc) is 2.32. The van der Waals surface area contributed by atoms with E-state index in [0.29, 0.717) is 11.1 Å². The molecule has 1 aromatic carbocycles. The summed E-state index contributed by atoms with van der Waals surface area (Å²) in [5.41, 5.74) is 4.37. The van der Waals surface area contributed by atoms with E-state index in [1.165, 1.54) is 18.2 Å². The van der Waals surface area contributed by atoms with Gasteiger partial charge in [0.05, 0.1) is 10.6 Å². The van der Waals surface area contributed by atoms with Crippen molar-refractivity contribution in [2.75, 3.05) is 5.73 Å². The van der Waals surface area contributed by atoms with Crippen LogP contribution in [0.3, 0.4) is 0 Å². The average molecular weight is 323 g/mol. The third-order valence-corrected chi connectivity index (χ3v) is 2.80. The highest BCUT2D eigenvalue weighted by Crippen LogP contribution is 2.35. The summed E-state index contributed by atoms with van der Waals surface area (Å²) in [6.45, 7) is 0. The largest absolute Gasteiger partial charge is 0.437 e. The molecule has 0 unspecified atom stereocenters. The van der Waals surface area contributed by atoms with Gasteiger partial charge in [-0.25, -0.2) is 0 Å². The SMILES string of the molecule is Nc1cc(C(F)(F)F)cc(Oc2cc(Cl)ccc2Cl)n1. The second-order valence-corrected chi connectivity index (χ2v) is 4.64. The van der Waals surface area contributed by atoms with E-state index in [0.717, 1.165) is 6.07 Å². The summed E-state index contributed by atoms with van der Waals surface area (Å²) in [5.74, 6) is -0.542. The molecule has 2 rings (SSSR count). The van der Waals surface area contributed by atoms with Crippen molar-refractivity contribution < 1.29 is 17.9 Å². The highest BCUT2D eigenvalue weighted by molar-refractivity contribution is 6.34. The molecular formula is C12H7Cl2F3N2O. The minimum absolute atomic E-state index is 0.0883. The van der Waals surface area contributed by atoms with E-state index < -0.39 is 11.7 Å². The molecule has 0 aliphatic heterocycles. The van der Waals surface area contributed by atoms with Crippen LogP contribution in [0, 0.1) is 0 Å². The van der Waals surface area contributed by atoms with E-state index in [2.05, 4.69) is 4.98 Å². The van der Waals surface area contributed by atoms with Crippen LogP contribution < -0.4 is 10.5 Å². The van der Waals surface area contributed by atoms with E-state index in [-0.39, 0.29) is 22.5 Å². The minimum atomic E-state index is -4.55. The Morgan fingerprint density at radius 3 is 2.45 bits per heavy atom. The van der Waals surface area contributed by atoms with Crippen molar-refractivity contribution in [3.05, 3.63) is 45.9 Å². The number of nitrogens with zero attached hydrogens (tertiary/aromatic N) is 1. The Morgan fingerprint density at radius 1 is 1.10 bits per heavy atom. The van der Waals surface area contributed by atoms with Gasteiger partial charge >= 0.3 is 6.18 Å². The molecule has 1 heterocycles. The lowest BCUT2D eigenvalue weighted by molar-refractivity contribution is -0.137. The lowest BCUT2D eigenvalue weighted by atomic mass is 10.2. The van der Waals surface area contributed by atoms with Gasteiger partial charge in [0.2, 0.25) is 5.88 Å². The Balaban J connectivity index is 2.39. The summed E-state index contributed by atoms with van der Waals surface area (Å²) >= 11 is 11.6. The molecule has 8 heteroatoms. The molecule has 0 amide bonds. The number of anilines is 1. The van der Waals surface area contributed by atoms with Gasteiger partial charge in [-0.2, -0.15) is 18.2 Å². The monoisotopic (exact) mass is 322 g/mol. The van der Waals surface area contributed by atoms with Crippen LogP contribution in [-0.4, -0.2) is 4.98 Å². The van der Waals surface area contributed by atoms with E-state index in [4.69, 9.17) is 33.7 Å². The third kappa shape index (κ3) is 3.46. The topological polar surface area (TPSA) is 48.1 Å². The Bertz CT molecular complexity index is 647. The smallest absolute Gasteiger partial charge is 0.416 e. The van der Waals surface area contributed by atoms with Crippen LogP contribution >= 0.6 is 23.2 Å². The predicted molar refractivity (Wildman–Crippen MR) is 70.2 cm³/mol. The first-order valence-electron chi connectivity index (χ1n) is 5.23. The number of alkyl halides is 3. The van der Waals surface area contributed by atoms with Gasteiger partial charge in [0, 0.05) is 17.2 Å². The summed E-state index contributed by atoms with van der Waals surface area (Å²) in [4.78, 5) is 3.67. The Hall–Kier alpha value is -1.66. The van der Waals surface area contributed by atoms with E-state index >= 15 is 0 Å². The van der Waals surface area contributed by atoms with Crippen molar-refractivity contribution in [2.45, 2.75) is 6.18 Å². The minimum Gasteiger partial charge on any atom is -0.437 e. The zero-order valence-electron chi connectivity index (χ0n) is 9.71. The highest BCUT2D eigenvalue weighted by atomic mass is 35.5. The molecule has 0 bridgehead atoms. The molecular weight excluding hydrogens is 316 g/mol. The van der Waals surface area contributed by atoms with Crippen molar-refractivity contribution in [2.24, 2.45) is 0 Å². The number of hydrogen-bond donors (Lipinski definition) is 1. The molecule has 2 aromatic rings. The second kappa shape index (κ2) is 5.38.